The molecule has 1 heterocycles. The van der Waals surface area contributed by atoms with Gasteiger partial charge in [0.05, 0.1) is 16.1 Å². The highest BCUT2D eigenvalue weighted by atomic mass is 32.1. The van der Waals surface area contributed by atoms with Gasteiger partial charge in [0.1, 0.15) is 17.4 Å². The molecule has 184 valence electrons. The summed E-state index contributed by atoms with van der Waals surface area (Å²) in [4.78, 5) is 26.7. The van der Waals surface area contributed by atoms with Gasteiger partial charge in [0, 0.05) is 17.2 Å². The van der Waals surface area contributed by atoms with Crippen LogP contribution in [-0.2, 0) is 24.0 Å². The summed E-state index contributed by atoms with van der Waals surface area (Å²) in [7, 11) is 0. The van der Waals surface area contributed by atoms with E-state index in [-0.39, 0.29) is 13.0 Å². The summed E-state index contributed by atoms with van der Waals surface area (Å²) in [5.74, 6) is 0.0451. The summed E-state index contributed by atoms with van der Waals surface area (Å²) in [6.45, 7) is 10.1. The van der Waals surface area contributed by atoms with Gasteiger partial charge in [-0.1, -0.05) is 30.4 Å². The Kier molecular flexibility index (Phi) is 8.22. The molecule has 1 amide bonds. The second kappa shape index (κ2) is 10.9. The lowest BCUT2D eigenvalue weighted by molar-refractivity contribution is -0.137. The number of carbonyl (C=O) groups excluding carboxylic acids is 1. The molecule has 0 spiro atoms. The molecule has 0 saturated carbocycles. The first-order chi connectivity index (χ1) is 16.5. The van der Waals surface area contributed by atoms with Crippen LogP contribution in [0.2, 0.25) is 0 Å². The van der Waals surface area contributed by atoms with Crippen LogP contribution in [0.3, 0.4) is 0 Å². The number of nitroso groups, excluding NO2 is 1. The quantitative estimate of drug-likeness (QED) is 0.224. The number of nitrogens with zero attached hydrogens (tertiary/aromatic N) is 2. The SMILES string of the molecule is C=C(CCC(=O)N=O)Cc1ccc(OCc2sc(-c3ccc(C(F)(F)F)cc3)nc2C)c(C)c1C. The third-order valence-corrected chi connectivity index (χ3v) is 6.97. The number of thiazole rings is 1. The molecule has 0 aliphatic heterocycles. The van der Waals surface area contributed by atoms with Gasteiger partial charge in [0.15, 0.2) is 0 Å². The number of aryl methyl sites for hydroxylation is 1. The molecule has 0 fully saturated rings. The standard InChI is InChI=1S/C26H25F3N2O3S/c1-15(5-12-24(32)31-33)13-20-8-11-22(17(3)16(20)2)34-14-23-18(4)30-25(35-23)19-6-9-21(10-7-19)26(27,28)29/h6-11H,1,5,12-14H2,2-4H3. The molecule has 0 N–H and O–H groups in total. The summed E-state index contributed by atoms with van der Waals surface area (Å²) >= 11 is 1.39. The van der Waals surface area contributed by atoms with E-state index < -0.39 is 17.6 Å². The first kappa shape index (κ1) is 26.3. The van der Waals surface area contributed by atoms with Crippen molar-refractivity contribution in [2.45, 2.75) is 52.8 Å². The number of hydrogen-bond acceptors (Lipinski definition) is 5. The predicted molar refractivity (Wildman–Crippen MR) is 130 cm³/mol. The van der Waals surface area contributed by atoms with Crippen molar-refractivity contribution in [2.24, 2.45) is 5.18 Å². The Morgan fingerprint density at radius 1 is 1.06 bits per heavy atom. The highest BCUT2D eigenvalue weighted by Crippen LogP contribution is 2.34. The molecule has 0 aliphatic carbocycles. The van der Waals surface area contributed by atoms with E-state index in [1.165, 1.54) is 23.5 Å². The molecule has 3 rings (SSSR count). The van der Waals surface area contributed by atoms with E-state index >= 15 is 0 Å². The van der Waals surface area contributed by atoms with Gasteiger partial charge in [-0.25, -0.2) is 4.98 Å². The molecule has 0 unspecified atom stereocenters. The Balaban J connectivity index is 1.67. The lowest BCUT2D eigenvalue weighted by Gasteiger charge is -2.15. The van der Waals surface area contributed by atoms with Crippen LogP contribution in [0.5, 0.6) is 5.75 Å². The van der Waals surface area contributed by atoms with Crippen molar-refractivity contribution >= 4 is 17.2 Å². The number of rotatable bonds is 9. The molecule has 0 bridgehead atoms. The van der Waals surface area contributed by atoms with Gasteiger partial charge in [-0.3, -0.25) is 4.79 Å². The molecule has 35 heavy (non-hydrogen) atoms. The fourth-order valence-electron chi connectivity index (χ4n) is 3.52. The van der Waals surface area contributed by atoms with Gasteiger partial charge in [-0.15, -0.1) is 16.2 Å². The third-order valence-electron chi connectivity index (χ3n) is 5.79. The minimum absolute atomic E-state index is 0.0597. The molecular formula is C26H25F3N2O3S. The Morgan fingerprint density at radius 3 is 2.37 bits per heavy atom. The van der Waals surface area contributed by atoms with Crippen molar-refractivity contribution in [1.82, 2.24) is 4.98 Å². The lowest BCUT2D eigenvalue weighted by atomic mass is 9.95. The Morgan fingerprint density at radius 2 is 1.74 bits per heavy atom. The van der Waals surface area contributed by atoms with Crippen LogP contribution >= 0.6 is 11.3 Å². The molecule has 0 saturated heterocycles. The number of halogens is 3. The average Bonchev–Trinajstić information content (AvgIpc) is 3.20. The summed E-state index contributed by atoms with van der Waals surface area (Å²) in [5.41, 5.74) is 4.63. The van der Waals surface area contributed by atoms with Crippen molar-refractivity contribution in [3.8, 4) is 16.3 Å². The van der Waals surface area contributed by atoms with Crippen molar-refractivity contribution in [1.29, 1.82) is 0 Å². The molecule has 9 heteroatoms. The Bertz CT molecular complexity index is 1250. The zero-order chi connectivity index (χ0) is 25.8. The largest absolute Gasteiger partial charge is 0.488 e. The number of hydrogen-bond donors (Lipinski definition) is 0. The van der Waals surface area contributed by atoms with Crippen molar-refractivity contribution < 1.29 is 22.7 Å². The summed E-state index contributed by atoms with van der Waals surface area (Å²) in [6.07, 6.45) is -3.32. The van der Waals surface area contributed by atoms with Gasteiger partial charge in [-0.2, -0.15) is 13.2 Å². The summed E-state index contributed by atoms with van der Waals surface area (Å²) in [6, 6.07) is 8.81. The molecular weight excluding hydrogens is 477 g/mol. The number of allylic oxidation sites excluding steroid dienone is 1. The maximum atomic E-state index is 12.8. The van der Waals surface area contributed by atoms with E-state index in [0.717, 1.165) is 50.7 Å². The minimum Gasteiger partial charge on any atom is -0.488 e. The number of ether oxygens (including phenoxy) is 1. The van der Waals surface area contributed by atoms with Crippen molar-refractivity contribution in [3.05, 3.63) is 86.3 Å². The van der Waals surface area contributed by atoms with E-state index in [2.05, 4.69) is 16.7 Å². The fourth-order valence-corrected chi connectivity index (χ4v) is 4.50. The molecule has 0 radical (unpaired) electrons. The molecule has 5 nitrogen and oxygen atoms in total. The highest BCUT2D eigenvalue weighted by Gasteiger charge is 2.30. The van der Waals surface area contributed by atoms with E-state index in [1.54, 1.807) is 0 Å². The van der Waals surface area contributed by atoms with Crippen molar-refractivity contribution in [3.63, 3.8) is 0 Å². The topological polar surface area (TPSA) is 68.6 Å². The van der Waals surface area contributed by atoms with Crippen LogP contribution in [0.25, 0.3) is 10.6 Å². The second-order valence-corrected chi connectivity index (χ2v) is 9.36. The van der Waals surface area contributed by atoms with Crippen molar-refractivity contribution in [2.75, 3.05) is 0 Å². The number of aromatic nitrogens is 1. The first-order valence-corrected chi connectivity index (χ1v) is 11.7. The maximum Gasteiger partial charge on any atom is 0.416 e. The third kappa shape index (κ3) is 6.63. The molecule has 0 atom stereocenters. The Labute approximate surface area is 205 Å². The van der Waals surface area contributed by atoms with Crippen LogP contribution in [0, 0.1) is 25.7 Å². The van der Waals surface area contributed by atoms with Crippen LogP contribution in [0.4, 0.5) is 13.2 Å². The smallest absolute Gasteiger partial charge is 0.416 e. The lowest BCUT2D eigenvalue weighted by Crippen LogP contribution is -2.03. The zero-order valence-electron chi connectivity index (χ0n) is 19.7. The van der Waals surface area contributed by atoms with Crippen LogP contribution in [0.1, 0.15) is 45.7 Å². The number of carbonyl (C=O) groups is 1. The number of alkyl halides is 3. The van der Waals surface area contributed by atoms with E-state index in [0.29, 0.717) is 23.4 Å². The van der Waals surface area contributed by atoms with E-state index in [9.17, 15) is 22.9 Å². The van der Waals surface area contributed by atoms with Gasteiger partial charge in [0.25, 0.3) is 5.91 Å². The first-order valence-electron chi connectivity index (χ1n) is 10.9. The number of amides is 1. The average molecular weight is 503 g/mol. The fraction of sp³-hybridized carbons (Fsp3) is 0.308. The molecule has 1 aromatic heterocycles. The van der Waals surface area contributed by atoms with E-state index in [1.807, 2.05) is 32.9 Å². The normalized spacial score (nSPS) is 11.4. The van der Waals surface area contributed by atoms with Crippen LogP contribution in [0.15, 0.2) is 53.7 Å². The highest BCUT2D eigenvalue weighted by molar-refractivity contribution is 7.15. The Hall–Kier alpha value is -3.33. The van der Waals surface area contributed by atoms with Gasteiger partial charge in [-0.05, 0) is 68.5 Å². The molecule has 0 aliphatic rings. The molecule has 2 aromatic carbocycles. The summed E-state index contributed by atoms with van der Waals surface area (Å²) < 4.78 is 44.5. The van der Waals surface area contributed by atoms with Gasteiger partial charge < -0.3 is 4.74 Å². The second-order valence-electron chi connectivity index (χ2n) is 8.28. The van der Waals surface area contributed by atoms with Crippen LogP contribution in [-0.4, -0.2) is 10.9 Å². The van der Waals surface area contributed by atoms with E-state index in [4.69, 9.17) is 4.74 Å². The zero-order valence-corrected chi connectivity index (χ0v) is 20.5. The predicted octanol–water partition coefficient (Wildman–Crippen LogP) is 7.51. The van der Waals surface area contributed by atoms with Crippen LogP contribution < -0.4 is 4.74 Å². The number of benzene rings is 2. The molecule has 3 aromatic rings. The maximum absolute atomic E-state index is 12.8. The summed E-state index contributed by atoms with van der Waals surface area (Å²) in [5, 5.41) is 3.04. The van der Waals surface area contributed by atoms with Gasteiger partial charge >= 0.3 is 6.18 Å². The minimum atomic E-state index is -4.37. The van der Waals surface area contributed by atoms with Gasteiger partial charge in [0.2, 0.25) is 0 Å². The monoisotopic (exact) mass is 502 g/mol.